The zero-order valence-corrected chi connectivity index (χ0v) is 14.6. The predicted molar refractivity (Wildman–Crippen MR) is 101 cm³/mol. The number of likely N-dealkylation sites (N-methyl/N-ethyl adjacent to an activating group) is 1. The Balaban J connectivity index is 2.03. The van der Waals surface area contributed by atoms with E-state index in [1.54, 1.807) is 0 Å². The Hall–Kier alpha value is -3.10. The van der Waals surface area contributed by atoms with Crippen LogP contribution >= 0.6 is 0 Å². The number of anilines is 1. The fourth-order valence-corrected chi connectivity index (χ4v) is 3.92. The molecule has 2 aromatic rings. The smallest absolute Gasteiger partial charge is 0.292 e. The highest BCUT2D eigenvalue weighted by atomic mass is 16.4. The summed E-state index contributed by atoms with van der Waals surface area (Å²) < 4.78 is 0. The number of terminal acetylenes is 1. The number of benzene rings is 2. The van der Waals surface area contributed by atoms with Crippen molar-refractivity contribution in [2.24, 2.45) is 5.16 Å². The molecule has 2 aliphatic heterocycles. The molecule has 2 aliphatic rings. The van der Waals surface area contributed by atoms with Crippen molar-refractivity contribution in [3.05, 3.63) is 53.1 Å². The molecule has 0 saturated heterocycles. The molecular formula is C21H19N3O2. The molecule has 0 unspecified atom stereocenters. The third-order valence-corrected chi connectivity index (χ3v) is 5.22. The quantitative estimate of drug-likeness (QED) is 0.517. The summed E-state index contributed by atoms with van der Waals surface area (Å²) in [7, 11) is 0. The maximum Gasteiger partial charge on any atom is 0.292 e. The van der Waals surface area contributed by atoms with Crippen molar-refractivity contribution in [2.75, 3.05) is 18.0 Å². The summed E-state index contributed by atoms with van der Waals surface area (Å²) >= 11 is 0. The summed E-state index contributed by atoms with van der Waals surface area (Å²) in [6.07, 6.45) is 6.50. The van der Waals surface area contributed by atoms with Crippen molar-refractivity contribution < 1.29 is 10.0 Å². The summed E-state index contributed by atoms with van der Waals surface area (Å²) in [5.41, 5.74) is 5.73. The van der Waals surface area contributed by atoms with E-state index in [0.717, 1.165) is 42.7 Å². The highest BCUT2D eigenvalue weighted by Gasteiger charge is 2.39. The maximum absolute atomic E-state index is 12.6. The SMILES string of the molecule is C#CN1C(=O)/C(=N\O)c2cc(-c3ccccc3)c3c(c21)CN(CC)CC3. The molecule has 1 N–H and O–H groups in total. The summed E-state index contributed by atoms with van der Waals surface area (Å²) in [6, 6.07) is 14.5. The van der Waals surface area contributed by atoms with E-state index in [4.69, 9.17) is 6.42 Å². The van der Waals surface area contributed by atoms with Gasteiger partial charge in [0, 0.05) is 24.7 Å². The van der Waals surface area contributed by atoms with E-state index in [-0.39, 0.29) is 5.71 Å². The standard InChI is InChI=1S/C21H19N3O2/c1-3-23-11-10-15-16(14-8-6-5-7-9-14)12-17-19(22-26)21(25)24(4-2)20(17)18(15)13-23/h2,5-9,12,26H,3,10-11,13H2,1H3/b22-19-. The largest absolute Gasteiger partial charge is 0.410 e. The molecule has 0 fully saturated rings. The van der Waals surface area contributed by atoms with Crippen LogP contribution in [-0.4, -0.2) is 34.8 Å². The Bertz CT molecular complexity index is 957. The van der Waals surface area contributed by atoms with E-state index in [0.29, 0.717) is 11.3 Å². The molecule has 5 heteroatoms. The second-order valence-electron chi connectivity index (χ2n) is 6.48. The van der Waals surface area contributed by atoms with Crippen molar-refractivity contribution in [1.82, 2.24) is 4.90 Å². The van der Waals surface area contributed by atoms with Gasteiger partial charge in [0.1, 0.15) is 0 Å². The van der Waals surface area contributed by atoms with Gasteiger partial charge in [0.2, 0.25) is 0 Å². The number of carbonyl (C=O) groups is 1. The van der Waals surface area contributed by atoms with Gasteiger partial charge in [0.05, 0.1) is 5.69 Å². The first-order chi connectivity index (χ1) is 12.7. The Morgan fingerprint density at radius 2 is 2.00 bits per heavy atom. The van der Waals surface area contributed by atoms with Crippen molar-refractivity contribution in [2.45, 2.75) is 19.9 Å². The highest BCUT2D eigenvalue weighted by molar-refractivity contribution is 6.55. The number of hydrogen-bond acceptors (Lipinski definition) is 4. The van der Waals surface area contributed by atoms with Crippen LogP contribution < -0.4 is 4.90 Å². The van der Waals surface area contributed by atoms with Gasteiger partial charge in [0.15, 0.2) is 5.71 Å². The summed E-state index contributed by atoms with van der Waals surface area (Å²) in [5.74, 6) is -0.453. The predicted octanol–water partition coefficient (Wildman–Crippen LogP) is 2.85. The van der Waals surface area contributed by atoms with Gasteiger partial charge in [-0.3, -0.25) is 9.69 Å². The molecule has 0 aliphatic carbocycles. The van der Waals surface area contributed by atoms with Crippen LogP contribution in [0.25, 0.3) is 11.1 Å². The molecule has 0 atom stereocenters. The minimum atomic E-state index is -0.453. The van der Waals surface area contributed by atoms with Gasteiger partial charge >= 0.3 is 0 Å². The minimum Gasteiger partial charge on any atom is -0.410 e. The Labute approximate surface area is 152 Å². The van der Waals surface area contributed by atoms with E-state index in [1.165, 1.54) is 10.5 Å². The van der Waals surface area contributed by atoms with Crippen molar-refractivity contribution in [1.29, 1.82) is 0 Å². The van der Waals surface area contributed by atoms with Crippen LogP contribution in [-0.2, 0) is 17.8 Å². The van der Waals surface area contributed by atoms with Gasteiger partial charge in [-0.05, 0) is 41.3 Å². The Morgan fingerprint density at radius 1 is 1.23 bits per heavy atom. The topological polar surface area (TPSA) is 56.1 Å². The molecule has 2 heterocycles. The van der Waals surface area contributed by atoms with Crippen LogP contribution in [0.15, 0.2) is 41.6 Å². The second-order valence-corrected chi connectivity index (χ2v) is 6.48. The number of carbonyl (C=O) groups excluding carboxylic acids is 1. The fourth-order valence-electron chi connectivity index (χ4n) is 3.92. The number of amides is 1. The Kier molecular flexibility index (Phi) is 3.98. The lowest BCUT2D eigenvalue weighted by Gasteiger charge is -2.31. The van der Waals surface area contributed by atoms with Crippen LogP contribution in [0.4, 0.5) is 5.69 Å². The van der Waals surface area contributed by atoms with Crippen LogP contribution in [0.1, 0.15) is 23.6 Å². The normalized spacial score (nSPS) is 17.9. The molecule has 0 radical (unpaired) electrons. The first-order valence-corrected chi connectivity index (χ1v) is 8.69. The van der Waals surface area contributed by atoms with E-state index in [9.17, 15) is 10.0 Å². The van der Waals surface area contributed by atoms with E-state index in [2.05, 4.69) is 35.2 Å². The lowest BCUT2D eigenvalue weighted by molar-refractivity contribution is -0.111. The summed E-state index contributed by atoms with van der Waals surface area (Å²) in [4.78, 5) is 16.2. The first-order valence-electron chi connectivity index (χ1n) is 8.69. The molecule has 1 amide bonds. The molecule has 4 rings (SSSR count). The average Bonchev–Trinajstić information content (AvgIpc) is 2.98. The Morgan fingerprint density at radius 3 is 2.65 bits per heavy atom. The van der Waals surface area contributed by atoms with Crippen LogP contribution in [0, 0.1) is 12.5 Å². The van der Waals surface area contributed by atoms with E-state index < -0.39 is 5.91 Å². The fraction of sp³-hybridized carbons (Fsp3) is 0.238. The summed E-state index contributed by atoms with van der Waals surface area (Å²) in [5, 5.41) is 12.7. The molecule has 26 heavy (non-hydrogen) atoms. The monoisotopic (exact) mass is 345 g/mol. The average molecular weight is 345 g/mol. The van der Waals surface area contributed by atoms with Crippen molar-refractivity contribution in [3.63, 3.8) is 0 Å². The second kappa shape index (κ2) is 6.32. The first kappa shape index (κ1) is 16.4. The third-order valence-electron chi connectivity index (χ3n) is 5.22. The van der Waals surface area contributed by atoms with Crippen molar-refractivity contribution >= 4 is 17.3 Å². The third kappa shape index (κ3) is 2.31. The lowest BCUT2D eigenvalue weighted by atomic mass is 9.87. The minimum absolute atomic E-state index is 0.00607. The van der Waals surface area contributed by atoms with Gasteiger partial charge in [-0.1, -0.05) is 48.8 Å². The van der Waals surface area contributed by atoms with Crippen LogP contribution in [0.2, 0.25) is 0 Å². The zero-order valence-electron chi connectivity index (χ0n) is 14.6. The number of nitrogens with zero attached hydrogens (tertiary/aromatic N) is 3. The van der Waals surface area contributed by atoms with Gasteiger partial charge in [-0.15, -0.1) is 0 Å². The van der Waals surface area contributed by atoms with Gasteiger partial charge in [0.25, 0.3) is 5.91 Å². The molecule has 0 aromatic heterocycles. The molecule has 0 spiro atoms. The number of rotatable bonds is 2. The molecular weight excluding hydrogens is 326 g/mol. The number of hydrogen-bond donors (Lipinski definition) is 1. The van der Waals surface area contributed by atoms with Crippen LogP contribution in [0.3, 0.4) is 0 Å². The van der Waals surface area contributed by atoms with Gasteiger partial charge < -0.3 is 5.21 Å². The van der Waals surface area contributed by atoms with Crippen molar-refractivity contribution in [3.8, 4) is 23.6 Å². The van der Waals surface area contributed by atoms with Gasteiger partial charge in [-0.25, -0.2) is 4.90 Å². The summed E-state index contributed by atoms with van der Waals surface area (Å²) in [6.45, 7) is 4.73. The number of oxime groups is 1. The van der Waals surface area contributed by atoms with Crippen LogP contribution in [0.5, 0.6) is 0 Å². The molecule has 5 nitrogen and oxygen atoms in total. The molecule has 0 saturated carbocycles. The van der Waals surface area contributed by atoms with E-state index in [1.807, 2.05) is 24.3 Å². The van der Waals surface area contributed by atoms with E-state index >= 15 is 0 Å². The zero-order chi connectivity index (χ0) is 18.3. The molecule has 2 aromatic carbocycles. The maximum atomic E-state index is 12.6. The highest BCUT2D eigenvalue weighted by Crippen LogP contribution is 2.42. The molecule has 130 valence electrons. The van der Waals surface area contributed by atoms with Gasteiger partial charge in [-0.2, -0.15) is 0 Å². The molecule has 0 bridgehead atoms. The number of fused-ring (bicyclic) bond motifs is 3. The lowest BCUT2D eigenvalue weighted by Crippen LogP contribution is -2.32.